The highest BCUT2D eigenvalue weighted by Crippen LogP contribution is 2.30. The predicted molar refractivity (Wildman–Crippen MR) is 112 cm³/mol. The van der Waals surface area contributed by atoms with Crippen LogP contribution in [0.15, 0.2) is 48.5 Å². The largest absolute Gasteiger partial charge is 0.573 e. The number of piperidine rings is 1. The number of halogens is 3. The summed E-state index contributed by atoms with van der Waals surface area (Å²) in [5.74, 6) is -1.61. The van der Waals surface area contributed by atoms with E-state index in [0.717, 1.165) is 50.2 Å². The van der Waals surface area contributed by atoms with Gasteiger partial charge < -0.3 is 20.7 Å². The Bertz CT molecular complexity index is 983. The molecule has 164 valence electrons. The molecule has 0 radical (unpaired) electrons. The minimum absolute atomic E-state index is 0.0946. The second-order valence-electron chi connectivity index (χ2n) is 7.05. The van der Waals surface area contributed by atoms with Crippen LogP contribution in [0, 0.1) is 0 Å². The van der Waals surface area contributed by atoms with Crippen molar-refractivity contribution >= 4 is 29.3 Å². The maximum Gasteiger partial charge on any atom is 0.573 e. The molecule has 31 heavy (non-hydrogen) atoms. The third kappa shape index (κ3) is 6.24. The molecule has 9 heteroatoms. The van der Waals surface area contributed by atoms with Crippen molar-refractivity contribution in [2.24, 2.45) is 5.73 Å². The van der Waals surface area contributed by atoms with Crippen molar-refractivity contribution in [2.45, 2.75) is 25.6 Å². The average molecular weight is 433 g/mol. The van der Waals surface area contributed by atoms with Crippen LogP contribution in [0.2, 0.25) is 0 Å². The molecule has 0 aromatic heterocycles. The Balaban J connectivity index is 1.81. The molecule has 1 aliphatic rings. The number of alkyl halides is 3. The van der Waals surface area contributed by atoms with Crippen LogP contribution in [0.1, 0.15) is 35.2 Å². The summed E-state index contributed by atoms with van der Waals surface area (Å²) in [7, 11) is 0. The standard InChI is InChI=1S/C22H22F3N3O3/c23-22(24,25)31-19-7-3-2-6-15(19)9-11-20(29)27-17-14-16(21(26)30)8-10-18(17)28-12-4-1-5-13-28/h2-3,6-11,14H,1,4-5,12-13H2,(H2,26,30)(H,27,29). The molecule has 1 heterocycles. The summed E-state index contributed by atoms with van der Waals surface area (Å²) in [6.45, 7) is 1.63. The molecular weight excluding hydrogens is 411 g/mol. The molecule has 3 rings (SSSR count). The number of para-hydroxylation sites is 1. The van der Waals surface area contributed by atoms with Gasteiger partial charge in [0, 0.05) is 30.3 Å². The third-order valence-corrected chi connectivity index (χ3v) is 4.79. The zero-order chi connectivity index (χ0) is 22.4. The van der Waals surface area contributed by atoms with Gasteiger partial charge in [0.15, 0.2) is 0 Å². The Morgan fingerprint density at radius 2 is 1.77 bits per heavy atom. The summed E-state index contributed by atoms with van der Waals surface area (Å²) in [6, 6.07) is 10.3. The number of carbonyl (C=O) groups is 2. The second-order valence-corrected chi connectivity index (χ2v) is 7.05. The predicted octanol–water partition coefficient (Wildman–Crippen LogP) is 4.33. The van der Waals surface area contributed by atoms with Gasteiger partial charge in [-0.1, -0.05) is 18.2 Å². The normalized spacial score (nSPS) is 14.5. The van der Waals surface area contributed by atoms with E-state index < -0.39 is 23.9 Å². The number of amides is 2. The number of ether oxygens (including phenoxy) is 1. The Morgan fingerprint density at radius 1 is 1.06 bits per heavy atom. The number of hydrogen-bond acceptors (Lipinski definition) is 4. The SMILES string of the molecule is NC(=O)c1ccc(N2CCCCC2)c(NC(=O)C=Cc2ccccc2OC(F)(F)F)c1. The Kier molecular flexibility index (Phi) is 6.84. The van der Waals surface area contributed by atoms with E-state index in [-0.39, 0.29) is 11.1 Å². The highest BCUT2D eigenvalue weighted by Gasteiger charge is 2.31. The molecule has 0 spiro atoms. The summed E-state index contributed by atoms with van der Waals surface area (Å²) in [5, 5.41) is 2.70. The van der Waals surface area contributed by atoms with Crippen molar-refractivity contribution in [2.75, 3.05) is 23.3 Å². The van der Waals surface area contributed by atoms with Gasteiger partial charge in [-0.3, -0.25) is 9.59 Å². The van der Waals surface area contributed by atoms with Gasteiger partial charge in [0.2, 0.25) is 11.8 Å². The van der Waals surface area contributed by atoms with Crippen LogP contribution in [-0.2, 0) is 4.79 Å². The fraction of sp³-hybridized carbons (Fsp3) is 0.273. The number of primary amides is 1. The zero-order valence-corrected chi connectivity index (χ0v) is 16.6. The lowest BCUT2D eigenvalue weighted by molar-refractivity contribution is -0.274. The van der Waals surface area contributed by atoms with Crippen LogP contribution in [0.3, 0.4) is 0 Å². The fourth-order valence-electron chi connectivity index (χ4n) is 3.38. The molecular formula is C22H22F3N3O3. The highest BCUT2D eigenvalue weighted by atomic mass is 19.4. The maximum absolute atomic E-state index is 12.6. The maximum atomic E-state index is 12.6. The van der Waals surface area contributed by atoms with Crippen molar-refractivity contribution in [3.05, 3.63) is 59.7 Å². The molecule has 0 saturated carbocycles. The quantitative estimate of drug-likeness (QED) is 0.665. The Morgan fingerprint density at radius 3 is 2.45 bits per heavy atom. The number of carbonyl (C=O) groups excluding carboxylic acids is 2. The van der Waals surface area contributed by atoms with Gasteiger partial charge in [0.1, 0.15) is 5.75 Å². The summed E-state index contributed by atoms with van der Waals surface area (Å²) in [4.78, 5) is 26.2. The summed E-state index contributed by atoms with van der Waals surface area (Å²) >= 11 is 0. The molecule has 1 fully saturated rings. The Hall–Kier alpha value is -3.49. The van der Waals surface area contributed by atoms with Crippen LogP contribution in [-0.4, -0.2) is 31.3 Å². The van der Waals surface area contributed by atoms with Crippen molar-refractivity contribution < 1.29 is 27.5 Å². The van der Waals surface area contributed by atoms with Gasteiger partial charge >= 0.3 is 6.36 Å². The lowest BCUT2D eigenvalue weighted by atomic mass is 10.1. The van der Waals surface area contributed by atoms with E-state index in [9.17, 15) is 22.8 Å². The summed E-state index contributed by atoms with van der Waals surface area (Å²) in [5.41, 5.74) is 6.86. The van der Waals surface area contributed by atoms with Crippen molar-refractivity contribution in [3.63, 3.8) is 0 Å². The molecule has 0 unspecified atom stereocenters. The Labute approximate surface area is 177 Å². The summed E-state index contributed by atoms with van der Waals surface area (Å²) in [6.07, 6.45) is 0.649. The fourth-order valence-corrected chi connectivity index (χ4v) is 3.38. The van der Waals surface area contributed by atoms with E-state index >= 15 is 0 Å². The smallest absolute Gasteiger partial charge is 0.405 e. The van der Waals surface area contributed by atoms with Gasteiger partial charge in [0.25, 0.3) is 0 Å². The topological polar surface area (TPSA) is 84.7 Å². The van der Waals surface area contributed by atoms with Crippen molar-refractivity contribution in [1.29, 1.82) is 0 Å². The van der Waals surface area contributed by atoms with Crippen molar-refractivity contribution in [3.8, 4) is 5.75 Å². The molecule has 2 amide bonds. The van der Waals surface area contributed by atoms with Gasteiger partial charge in [0.05, 0.1) is 11.4 Å². The van der Waals surface area contributed by atoms with Gasteiger partial charge in [-0.05, 0) is 49.6 Å². The van der Waals surface area contributed by atoms with Gasteiger partial charge in [-0.25, -0.2) is 0 Å². The molecule has 1 aliphatic heterocycles. The lowest BCUT2D eigenvalue weighted by Gasteiger charge is -2.30. The summed E-state index contributed by atoms with van der Waals surface area (Å²) < 4.78 is 41.7. The highest BCUT2D eigenvalue weighted by molar-refractivity contribution is 6.05. The van der Waals surface area contributed by atoms with Gasteiger partial charge in [-0.15, -0.1) is 13.2 Å². The molecule has 2 aromatic carbocycles. The number of rotatable bonds is 6. The lowest BCUT2D eigenvalue weighted by Crippen LogP contribution is -2.30. The van der Waals surface area contributed by atoms with Crippen LogP contribution in [0.4, 0.5) is 24.5 Å². The molecule has 0 atom stereocenters. The van der Waals surface area contributed by atoms with Gasteiger partial charge in [-0.2, -0.15) is 0 Å². The number of anilines is 2. The monoisotopic (exact) mass is 433 g/mol. The number of nitrogens with one attached hydrogen (secondary N) is 1. The van der Waals surface area contributed by atoms with Crippen LogP contribution in [0.5, 0.6) is 5.75 Å². The molecule has 0 aliphatic carbocycles. The first-order chi connectivity index (χ1) is 14.7. The van der Waals surface area contributed by atoms with Crippen LogP contribution >= 0.6 is 0 Å². The third-order valence-electron chi connectivity index (χ3n) is 4.79. The van der Waals surface area contributed by atoms with E-state index in [1.54, 1.807) is 12.1 Å². The van der Waals surface area contributed by atoms with E-state index in [1.165, 1.54) is 30.3 Å². The number of nitrogens with zero attached hydrogens (tertiary/aromatic N) is 1. The van der Waals surface area contributed by atoms with Crippen LogP contribution < -0.4 is 20.7 Å². The molecule has 2 aromatic rings. The second kappa shape index (κ2) is 9.55. The number of benzene rings is 2. The molecule has 1 saturated heterocycles. The molecule has 6 nitrogen and oxygen atoms in total. The van der Waals surface area contributed by atoms with E-state index in [0.29, 0.717) is 5.69 Å². The number of nitrogens with two attached hydrogens (primary N) is 1. The first-order valence-corrected chi connectivity index (χ1v) is 9.75. The number of hydrogen-bond donors (Lipinski definition) is 2. The molecule has 3 N–H and O–H groups in total. The van der Waals surface area contributed by atoms with E-state index in [2.05, 4.69) is 15.0 Å². The van der Waals surface area contributed by atoms with Crippen molar-refractivity contribution in [1.82, 2.24) is 0 Å². The van der Waals surface area contributed by atoms with E-state index in [1.807, 2.05) is 0 Å². The zero-order valence-electron chi connectivity index (χ0n) is 16.6. The minimum Gasteiger partial charge on any atom is -0.405 e. The minimum atomic E-state index is -4.84. The van der Waals surface area contributed by atoms with Crippen LogP contribution in [0.25, 0.3) is 6.08 Å². The van der Waals surface area contributed by atoms with E-state index in [4.69, 9.17) is 5.73 Å². The molecule has 0 bridgehead atoms. The first kappa shape index (κ1) is 22.2. The average Bonchev–Trinajstić information content (AvgIpc) is 2.72. The first-order valence-electron chi connectivity index (χ1n) is 9.75.